The fraction of sp³-hybridized carbons (Fsp3) is 0.304. The molecule has 0 radical (unpaired) electrons. The average molecular weight is 455 g/mol. The molecule has 32 heavy (non-hydrogen) atoms. The largest absolute Gasteiger partial charge is 0.449 e. The van der Waals surface area contributed by atoms with Crippen molar-refractivity contribution in [3.8, 4) is 0 Å². The number of rotatable bonds is 8. The third kappa shape index (κ3) is 6.34. The minimum absolute atomic E-state index is 0.246. The van der Waals surface area contributed by atoms with Crippen molar-refractivity contribution in [1.82, 2.24) is 10.1 Å². The maximum atomic E-state index is 12.9. The minimum Gasteiger partial charge on any atom is -0.449 e. The number of ether oxygens (including phenoxy) is 1. The number of anilines is 2. The molecule has 0 saturated carbocycles. The van der Waals surface area contributed by atoms with Crippen molar-refractivity contribution in [2.24, 2.45) is 5.92 Å². The Bertz CT molecular complexity index is 1080. The first-order valence-electron chi connectivity index (χ1n) is 10.2. The van der Waals surface area contributed by atoms with Crippen LogP contribution < -0.4 is 10.6 Å². The van der Waals surface area contributed by atoms with Crippen LogP contribution in [-0.4, -0.2) is 28.7 Å². The molecule has 2 aromatic heterocycles. The van der Waals surface area contributed by atoms with E-state index in [9.17, 15) is 9.59 Å². The van der Waals surface area contributed by atoms with Gasteiger partial charge < -0.3 is 14.6 Å². The molecule has 8 nitrogen and oxygen atoms in total. The van der Waals surface area contributed by atoms with Gasteiger partial charge in [0.2, 0.25) is 0 Å². The summed E-state index contributed by atoms with van der Waals surface area (Å²) >= 11 is 1.45. The van der Waals surface area contributed by atoms with Crippen LogP contribution in [0.2, 0.25) is 0 Å². The second-order valence-electron chi connectivity index (χ2n) is 7.60. The molecule has 1 aromatic carbocycles. The lowest BCUT2D eigenvalue weighted by Crippen LogP contribution is -2.17. The number of carbonyl (C=O) groups excluding carboxylic acids is 2. The second-order valence-corrected chi connectivity index (χ2v) is 8.56. The van der Waals surface area contributed by atoms with Gasteiger partial charge in [0.1, 0.15) is 10.8 Å². The molecule has 9 heteroatoms. The average Bonchev–Trinajstić information content (AvgIpc) is 3.08. The zero-order valence-corrected chi connectivity index (χ0v) is 19.3. The third-order valence-corrected chi connectivity index (χ3v) is 5.50. The van der Waals surface area contributed by atoms with Gasteiger partial charge in [-0.1, -0.05) is 25.1 Å². The molecule has 0 aliphatic carbocycles. The van der Waals surface area contributed by atoms with Crippen molar-refractivity contribution >= 4 is 35.1 Å². The molecule has 0 fully saturated rings. The molecule has 3 rings (SSSR count). The summed E-state index contributed by atoms with van der Waals surface area (Å²) in [7, 11) is 0. The minimum atomic E-state index is -0.535. The van der Waals surface area contributed by atoms with E-state index < -0.39 is 6.09 Å². The Morgan fingerprint density at radius 3 is 2.56 bits per heavy atom. The van der Waals surface area contributed by atoms with Crippen molar-refractivity contribution in [2.45, 2.75) is 38.5 Å². The Morgan fingerprint density at radius 2 is 1.88 bits per heavy atom. The Morgan fingerprint density at radius 1 is 1.12 bits per heavy atom. The van der Waals surface area contributed by atoms with Gasteiger partial charge >= 0.3 is 6.09 Å². The van der Waals surface area contributed by atoms with Crippen LogP contribution in [0.5, 0.6) is 0 Å². The fourth-order valence-corrected chi connectivity index (χ4v) is 3.94. The number of thioether (sulfide) groups is 1. The highest BCUT2D eigenvalue weighted by atomic mass is 32.2. The first kappa shape index (κ1) is 23.3. The summed E-state index contributed by atoms with van der Waals surface area (Å²) in [5.74, 6) is 1.30. The zero-order chi connectivity index (χ0) is 23.1. The van der Waals surface area contributed by atoms with Gasteiger partial charge in [0.15, 0.2) is 0 Å². The van der Waals surface area contributed by atoms with E-state index in [-0.39, 0.29) is 11.8 Å². The summed E-state index contributed by atoms with van der Waals surface area (Å²) in [4.78, 5) is 29.2. The molecule has 0 unspecified atom stereocenters. The normalized spacial score (nSPS) is 10.8. The zero-order valence-electron chi connectivity index (χ0n) is 18.5. The van der Waals surface area contributed by atoms with Crippen LogP contribution in [0.15, 0.2) is 52.1 Å². The molecular formula is C23H26N4O4S. The van der Waals surface area contributed by atoms with E-state index in [0.717, 1.165) is 17.0 Å². The third-order valence-electron chi connectivity index (χ3n) is 4.46. The van der Waals surface area contributed by atoms with E-state index in [4.69, 9.17) is 9.26 Å². The number of hydrogen-bond acceptors (Lipinski definition) is 7. The molecule has 0 saturated heterocycles. The lowest BCUT2D eigenvalue weighted by Gasteiger charge is -2.11. The number of benzene rings is 1. The van der Waals surface area contributed by atoms with Crippen molar-refractivity contribution < 1.29 is 18.8 Å². The standard InChI is InChI=1S/C23H26N4O4S/c1-14(2)12-30-23(29)26-18-8-5-7-17(11-18)25-21(28)19-9-6-10-24-22(19)32-13-20-15(3)27-31-16(20)4/h5-11,14H,12-13H2,1-4H3,(H,25,28)(H,26,29). The maximum Gasteiger partial charge on any atom is 0.411 e. The van der Waals surface area contributed by atoms with Crippen LogP contribution in [-0.2, 0) is 10.5 Å². The highest BCUT2D eigenvalue weighted by molar-refractivity contribution is 7.98. The van der Waals surface area contributed by atoms with E-state index in [0.29, 0.717) is 34.3 Å². The lowest BCUT2D eigenvalue weighted by atomic mass is 10.2. The number of aryl methyl sites for hydroxylation is 2. The fourth-order valence-electron chi connectivity index (χ4n) is 2.80. The van der Waals surface area contributed by atoms with Gasteiger partial charge in [-0.15, -0.1) is 11.8 Å². The van der Waals surface area contributed by atoms with Gasteiger partial charge in [-0.25, -0.2) is 9.78 Å². The van der Waals surface area contributed by atoms with Gasteiger partial charge in [0, 0.05) is 28.9 Å². The highest BCUT2D eigenvalue weighted by Gasteiger charge is 2.16. The van der Waals surface area contributed by atoms with Crippen molar-refractivity contribution in [3.05, 3.63) is 65.2 Å². The van der Waals surface area contributed by atoms with Gasteiger partial charge in [0.25, 0.3) is 5.91 Å². The van der Waals surface area contributed by atoms with Crippen molar-refractivity contribution in [3.63, 3.8) is 0 Å². The number of carbonyl (C=O) groups is 2. The predicted octanol–water partition coefficient (Wildman–Crippen LogP) is 5.44. The monoisotopic (exact) mass is 454 g/mol. The Kier molecular flexibility index (Phi) is 7.88. The van der Waals surface area contributed by atoms with Crippen LogP contribution in [0.25, 0.3) is 0 Å². The van der Waals surface area contributed by atoms with E-state index >= 15 is 0 Å². The van der Waals surface area contributed by atoms with Crippen molar-refractivity contribution in [2.75, 3.05) is 17.2 Å². The lowest BCUT2D eigenvalue weighted by molar-refractivity contribution is 0.102. The Labute approximate surface area is 191 Å². The van der Waals surface area contributed by atoms with Crippen LogP contribution in [0, 0.1) is 19.8 Å². The van der Waals surface area contributed by atoms with E-state index in [1.807, 2.05) is 27.7 Å². The molecule has 0 atom stereocenters. The number of nitrogens with zero attached hydrogens (tertiary/aromatic N) is 2. The van der Waals surface area contributed by atoms with Crippen molar-refractivity contribution in [1.29, 1.82) is 0 Å². The SMILES string of the molecule is Cc1noc(C)c1CSc1ncccc1C(=O)Nc1cccc(NC(=O)OCC(C)C)c1. The molecule has 2 heterocycles. The quantitative estimate of drug-likeness (QED) is 0.437. The Balaban J connectivity index is 1.67. The van der Waals surface area contributed by atoms with Crippen LogP contribution in [0.4, 0.5) is 16.2 Å². The van der Waals surface area contributed by atoms with Gasteiger partial charge in [0.05, 0.1) is 17.9 Å². The molecule has 2 amide bonds. The summed E-state index contributed by atoms with van der Waals surface area (Å²) in [6.45, 7) is 8.00. The van der Waals surface area contributed by atoms with Crippen LogP contribution >= 0.6 is 11.8 Å². The molecule has 0 bridgehead atoms. The number of amides is 2. The number of hydrogen-bond donors (Lipinski definition) is 2. The van der Waals surface area contributed by atoms with Gasteiger partial charge in [-0.05, 0) is 50.1 Å². The summed E-state index contributed by atoms with van der Waals surface area (Å²) in [6, 6.07) is 10.3. The molecule has 2 N–H and O–H groups in total. The van der Waals surface area contributed by atoms with Gasteiger partial charge in [-0.2, -0.15) is 0 Å². The predicted molar refractivity (Wildman–Crippen MR) is 124 cm³/mol. The maximum absolute atomic E-state index is 12.9. The first-order chi connectivity index (χ1) is 15.3. The van der Waals surface area contributed by atoms with Gasteiger partial charge in [-0.3, -0.25) is 10.1 Å². The Hall–Kier alpha value is -3.33. The van der Waals surface area contributed by atoms with E-state index in [1.54, 1.807) is 42.6 Å². The van der Waals surface area contributed by atoms with Crippen LogP contribution in [0.3, 0.4) is 0 Å². The molecular weight excluding hydrogens is 428 g/mol. The smallest absolute Gasteiger partial charge is 0.411 e. The molecule has 168 valence electrons. The summed E-state index contributed by atoms with van der Waals surface area (Å²) in [6.07, 6.45) is 1.12. The molecule has 0 aliphatic rings. The van der Waals surface area contributed by atoms with E-state index in [2.05, 4.69) is 20.8 Å². The summed E-state index contributed by atoms with van der Waals surface area (Å²) in [5, 5.41) is 10.1. The topological polar surface area (TPSA) is 106 Å². The molecule has 0 spiro atoms. The summed E-state index contributed by atoms with van der Waals surface area (Å²) < 4.78 is 10.3. The summed E-state index contributed by atoms with van der Waals surface area (Å²) in [5.41, 5.74) is 3.35. The molecule has 0 aliphatic heterocycles. The first-order valence-corrected chi connectivity index (χ1v) is 11.2. The number of pyridine rings is 1. The second kappa shape index (κ2) is 10.8. The van der Waals surface area contributed by atoms with E-state index in [1.165, 1.54) is 11.8 Å². The molecule has 3 aromatic rings. The highest BCUT2D eigenvalue weighted by Crippen LogP contribution is 2.28. The number of aromatic nitrogens is 2. The van der Waals surface area contributed by atoms with Crippen LogP contribution in [0.1, 0.15) is 41.2 Å². The number of nitrogens with one attached hydrogen (secondary N) is 2.